The van der Waals surface area contributed by atoms with Gasteiger partial charge in [-0.15, -0.1) is 0 Å². The smallest absolute Gasteiger partial charge is 0.251 e. The van der Waals surface area contributed by atoms with Gasteiger partial charge in [0, 0.05) is 0 Å². The van der Waals surface area contributed by atoms with Crippen LogP contribution in [0.15, 0.2) is 24.3 Å². The van der Waals surface area contributed by atoms with Crippen LogP contribution in [-0.2, 0) is 6.18 Å². The summed E-state index contributed by atoms with van der Waals surface area (Å²) in [5, 5.41) is 0. The molecule has 1 aromatic carbocycles. The Morgan fingerprint density at radius 2 is 1.71 bits per heavy atom. The molecular formula is C10H12F4. The second-order valence-corrected chi connectivity index (χ2v) is 2.63. The monoisotopic (exact) mass is 208 g/mol. The maximum atomic E-state index is 12.0. The highest BCUT2D eigenvalue weighted by Crippen LogP contribution is 2.29. The number of halogens is 4. The Bertz CT molecular complexity index is 265. The third kappa shape index (κ3) is 4.84. The van der Waals surface area contributed by atoms with Crippen LogP contribution in [0, 0.1) is 6.92 Å². The van der Waals surface area contributed by atoms with Crippen molar-refractivity contribution in [2.75, 3.05) is 6.67 Å². The van der Waals surface area contributed by atoms with E-state index in [0.29, 0.717) is 5.56 Å². The van der Waals surface area contributed by atoms with Crippen LogP contribution in [0.5, 0.6) is 0 Å². The average Bonchev–Trinajstić information content (AvgIpc) is 2.04. The van der Waals surface area contributed by atoms with Gasteiger partial charge in [0.2, 0.25) is 0 Å². The minimum Gasteiger partial charge on any atom is -0.251 e. The first-order chi connectivity index (χ1) is 6.41. The third-order valence-electron chi connectivity index (χ3n) is 1.35. The summed E-state index contributed by atoms with van der Waals surface area (Å²) in [7, 11) is 0. The first-order valence-electron chi connectivity index (χ1n) is 4.11. The van der Waals surface area contributed by atoms with Crippen molar-refractivity contribution < 1.29 is 17.6 Å². The molecule has 0 amide bonds. The summed E-state index contributed by atoms with van der Waals surface area (Å²) in [5.41, 5.74) is 0.0392. The van der Waals surface area contributed by atoms with E-state index in [1.807, 2.05) is 0 Å². The van der Waals surface area contributed by atoms with E-state index in [2.05, 4.69) is 0 Å². The Morgan fingerprint density at radius 1 is 1.21 bits per heavy atom. The second-order valence-electron chi connectivity index (χ2n) is 2.63. The summed E-state index contributed by atoms with van der Waals surface area (Å²) in [6.07, 6.45) is -4.22. The van der Waals surface area contributed by atoms with Gasteiger partial charge >= 0.3 is 6.18 Å². The van der Waals surface area contributed by atoms with Gasteiger partial charge in [0.1, 0.15) is 0 Å². The Hall–Kier alpha value is -1.06. The van der Waals surface area contributed by atoms with Gasteiger partial charge in [0.05, 0.1) is 12.2 Å². The van der Waals surface area contributed by atoms with Gasteiger partial charge in [-0.1, -0.05) is 23.8 Å². The highest BCUT2D eigenvalue weighted by Gasteiger charge is 2.29. The number of benzene rings is 1. The average molecular weight is 208 g/mol. The molecule has 0 saturated heterocycles. The van der Waals surface area contributed by atoms with Crippen molar-refractivity contribution in [1.82, 2.24) is 0 Å². The molecule has 0 bridgehead atoms. The fourth-order valence-corrected chi connectivity index (χ4v) is 0.821. The standard InChI is InChI=1S/C8H7F3.C2H5F/c1-6-3-2-4-7(5-6)8(9,10)11;1-2-3/h2-5H,1H3;2H2,1H3. The predicted octanol–water partition coefficient (Wildman–Crippen LogP) is 3.99. The van der Waals surface area contributed by atoms with E-state index in [9.17, 15) is 17.6 Å². The molecule has 4 heteroatoms. The lowest BCUT2D eigenvalue weighted by Gasteiger charge is -2.05. The lowest BCUT2D eigenvalue weighted by molar-refractivity contribution is -0.137. The molecule has 0 saturated carbocycles. The Labute approximate surface area is 80.6 Å². The molecule has 0 spiro atoms. The zero-order chi connectivity index (χ0) is 11.2. The summed E-state index contributed by atoms with van der Waals surface area (Å²) < 4.78 is 46.2. The molecular weight excluding hydrogens is 196 g/mol. The molecule has 0 aliphatic rings. The van der Waals surface area contributed by atoms with Gasteiger partial charge in [0.15, 0.2) is 0 Å². The van der Waals surface area contributed by atoms with Crippen molar-refractivity contribution in [2.24, 2.45) is 0 Å². The predicted molar refractivity (Wildman–Crippen MR) is 47.8 cm³/mol. The lowest BCUT2D eigenvalue weighted by atomic mass is 10.1. The Balaban J connectivity index is 0.000000500. The van der Waals surface area contributed by atoms with Crippen LogP contribution in [0.4, 0.5) is 17.6 Å². The van der Waals surface area contributed by atoms with Gasteiger partial charge in [-0.3, -0.25) is 4.39 Å². The number of rotatable bonds is 0. The van der Waals surface area contributed by atoms with Crippen LogP contribution in [0.1, 0.15) is 18.1 Å². The summed E-state index contributed by atoms with van der Waals surface area (Å²) in [6, 6.07) is 5.22. The van der Waals surface area contributed by atoms with Crippen LogP contribution in [0.25, 0.3) is 0 Å². The number of hydrogen-bond acceptors (Lipinski definition) is 0. The van der Waals surface area contributed by atoms with Gasteiger partial charge < -0.3 is 0 Å². The van der Waals surface area contributed by atoms with E-state index in [4.69, 9.17) is 0 Å². The SMILES string of the molecule is CCF.Cc1cccc(C(F)(F)F)c1. The molecule has 1 aromatic rings. The van der Waals surface area contributed by atoms with Crippen LogP contribution in [0.2, 0.25) is 0 Å². The molecule has 0 aliphatic heterocycles. The Kier molecular flexibility index (Phi) is 5.20. The van der Waals surface area contributed by atoms with E-state index in [1.54, 1.807) is 13.0 Å². The molecule has 0 N–H and O–H groups in total. The van der Waals surface area contributed by atoms with Crippen molar-refractivity contribution in [1.29, 1.82) is 0 Å². The molecule has 0 fully saturated rings. The summed E-state index contributed by atoms with van der Waals surface area (Å²) in [4.78, 5) is 0. The molecule has 1 rings (SSSR count). The maximum Gasteiger partial charge on any atom is 0.416 e. The van der Waals surface area contributed by atoms with Crippen molar-refractivity contribution in [2.45, 2.75) is 20.0 Å². The van der Waals surface area contributed by atoms with E-state index in [-0.39, 0.29) is 6.67 Å². The fourth-order valence-electron chi connectivity index (χ4n) is 0.821. The summed E-state index contributed by atoms with van der Waals surface area (Å²) in [6.45, 7) is 2.84. The molecule has 0 aromatic heterocycles. The molecule has 0 nitrogen and oxygen atoms in total. The van der Waals surface area contributed by atoms with Crippen molar-refractivity contribution >= 4 is 0 Å². The molecule has 0 heterocycles. The fraction of sp³-hybridized carbons (Fsp3) is 0.400. The van der Waals surface area contributed by atoms with Gasteiger partial charge in [-0.05, 0) is 19.9 Å². The zero-order valence-electron chi connectivity index (χ0n) is 8.03. The lowest BCUT2D eigenvalue weighted by Crippen LogP contribution is -2.04. The summed E-state index contributed by atoms with van der Waals surface area (Å²) >= 11 is 0. The molecule has 14 heavy (non-hydrogen) atoms. The van der Waals surface area contributed by atoms with E-state index < -0.39 is 11.7 Å². The number of aryl methyl sites for hydroxylation is 1. The van der Waals surface area contributed by atoms with Crippen LogP contribution in [-0.4, -0.2) is 6.67 Å². The van der Waals surface area contributed by atoms with Crippen LogP contribution >= 0.6 is 0 Å². The topological polar surface area (TPSA) is 0 Å². The maximum absolute atomic E-state index is 12.0. The quantitative estimate of drug-likeness (QED) is 0.565. The highest BCUT2D eigenvalue weighted by molar-refractivity contribution is 5.24. The van der Waals surface area contributed by atoms with Crippen molar-refractivity contribution in [3.05, 3.63) is 35.4 Å². The first kappa shape index (κ1) is 12.9. The van der Waals surface area contributed by atoms with Crippen LogP contribution < -0.4 is 0 Å². The first-order valence-corrected chi connectivity index (χ1v) is 4.11. The normalized spacial score (nSPS) is 10.4. The van der Waals surface area contributed by atoms with Crippen LogP contribution in [0.3, 0.4) is 0 Å². The van der Waals surface area contributed by atoms with Gasteiger partial charge in [-0.25, -0.2) is 0 Å². The highest BCUT2D eigenvalue weighted by atomic mass is 19.4. The minimum atomic E-state index is -4.22. The van der Waals surface area contributed by atoms with Gasteiger partial charge in [0.25, 0.3) is 0 Å². The molecule has 0 aliphatic carbocycles. The van der Waals surface area contributed by atoms with Crippen molar-refractivity contribution in [3.63, 3.8) is 0 Å². The molecule has 0 atom stereocenters. The number of hydrogen-bond donors (Lipinski definition) is 0. The Morgan fingerprint density at radius 3 is 2.00 bits per heavy atom. The number of alkyl halides is 4. The van der Waals surface area contributed by atoms with E-state index in [1.165, 1.54) is 13.0 Å². The largest absolute Gasteiger partial charge is 0.416 e. The minimum absolute atomic E-state index is 0.250. The second kappa shape index (κ2) is 5.62. The van der Waals surface area contributed by atoms with Gasteiger partial charge in [-0.2, -0.15) is 13.2 Å². The van der Waals surface area contributed by atoms with E-state index in [0.717, 1.165) is 12.1 Å². The van der Waals surface area contributed by atoms with Crippen molar-refractivity contribution in [3.8, 4) is 0 Å². The van der Waals surface area contributed by atoms with E-state index >= 15 is 0 Å². The molecule has 80 valence electrons. The zero-order valence-corrected chi connectivity index (χ0v) is 8.03. The molecule has 0 radical (unpaired) electrons. The summed E-state index contributed by atoms with van der Waals surface area (Å²) in [5.74, 6) is 0. The molecule has 0 unspecified atom stereocenters. The third-order valence-corrected chi connectivity index (χ3v) is 1.35.